The molecule has 1 aromatic heterocycles. The van der Waals surface area contributed by atoms with Crippen LogP contribution in [0.4, 0.5) is 18.2 Å². The number of halogens is 3. The van der Waals surface area contributed by atoms with Gasteiger partial charge in [-0.2, -0.15) is 13.2 Å². The number of aliphatic hydroxyl groups excluding tert-OH is 1. The fraction of sp³-hybridized carbons (Fsp3) is 0.647. The Balaban J connectivity index is 2.18. The molecule has 0 saturated heterocycles. The molecule has 4 N–H and O–H groups in total. The van der Waals surface area contributed by atoms with Crippen molar-refractivity contribution < 1.29 is 18.3 Å². The van der Waals surface area contributed by atoms with Crippen LogP contribution in [-0.2, 0) is 6.42 Å². The third-order valence-corrected chi connectivity index (χ3v) is 5.46. The zero-order valence-corrected chi connectivity index (χ0v) is 15.5. The Morgan fingerprint density at radius 1 is 1.50 bits per heavy atom. The zero-order valence-electron chi connectivity index (χ0n) is 14.7. The molecule has 2 rings (SSSR count). The standard InChI is InChI=1S/C17H25F3N4OS/c1-2-23-16-14(8-13(26-16)9-17(18,19)20)15(22)10-24(5-6-25)12-4-3-11(21)7-12/h2,8,11-12,22,25H,3-7,9-10,21H2,1H3/t11-,12+/m0/s1. The van der Waals surface area contributed by atoms with Crippen LogP contribution in [0.25, 0.3) is 0 Å². The van der Waals surface area contributed by atoms with Crippen LogP contribution in [0.1, 0.15) is 36.6 Å². The topological polar surface area (TPSA) is 85.7 Å². The van der Waals surface area contributed by atoms with Gasteiger partial charge in [-0.3, -0.25) is 4.90 Å². The minimum absolute atomic E-state index is 0.0397. The molecular formula is C17H25F3N4OS. The zero-order chi connectivity index (χ0) is 19.3. The van der Waals surface area contributed by atoms with Crippen LogP contribution in [0.15, 0.2) is 11.1 Å². The Labute approximate surface area is 155 Å². The average molecular weight is 390 g/mol. The maximum atomic E-state index is 12.7. The third kappa shape index (κ3) is 5.87. The Morgan fingerprint density at radius 3 is 2.77 bits per heavy atom. The van der Waals surface area contributed by atoms with E-state index in [0.717, 1.165) is 30.6 Å². The summed E-state index contributed by atoms with van der Waals surface area (Å²) < 4.78 is 38.1. The summed E-state index contributed by atoms with van der Waals surface area (Å²) in [6.07, 6.45) is -1.19. The highest BCUT2D eigenvalue weighted by molar-refractivity contribution is 7.16. The summed E-state index contributed by atoms with van der Waals surface area (Å²) in [5, 5.41) is 18.2. The van der Waals surface area contributed by atoms with Crippen molar-refractivity contribution in [2.24, 2.45) is 10.7 Å². The molecule has 0 aromatic carbocycles. The lowest BCUT2D eigenvalue weighted by Crippen LogP contribution is -2.40. The number of hydrogen-bond acceptors (Lipinski definition) is 6. The van der Waals surface area contributed by atoms with Crippen molar-refractivity contribution in [3.63, 3.8) is 0 Å². The minimum atomic E-state index is -4.29. The number of nitrogens with one attached hydrogen (secondary N) is 1. The van der Waals surface area contributed by atoms with Gasteiger partial charge >= 0.3 is 6.18 Å². The van der Waals surface area contributed by atoms with Gasteiger partial charge in [-0.05, 0) is 32.3 Å². The van der Waals surface area contributed by atoms with E-state index in [-0.39, 0.29) is 35.8 Å². The van der Waals surface area contributed by atoms with E-state index >= 15 is 0 Å². The first-order valence-corrected chi connectivity index (χ1v) is 9.41. The second kappa shape index (κ2) is 9.07. The first-order chi connectivity index (χ1) is 12.2. The predicted octanol–water partition coefficient (Wildman–Crippen LogP) is 3.12. The molecular weight excluding hydrogens is 365 g/mol. The second-order valence-corrected chi connectivity index (χ2v) is 7.63. The molecule has 0 aliphatic heterocycles. The Bertz CT molecular complexity index is 644. The number of nitrogens with zero attached hydrogens (tertiary/aromatic N) is 2. The summed E-state index contributed by atoms with van der Waals surface area (Å²) in [4.78, 5) is 6.28. The monoisotopic (exact) mass is 390 g/mol. The Hall–Kier alpha value is -1.29. The summed E-state index contributed by atoms with van der Waals surface area (Å²) in [7, 11) is 0. The lowest BCUT2D eigenvalue weighted by atomic mass is 10.1. The van der Waals surface area contributed by atoms with Crippen LogP contribution in [0.2, 0.25) is 0 Å². The maximum Gasteiger partial charge on any atom is 0.393 e. The Kier molecular flexibility index (Phi) is 7.33. The molecule has 5 nitrogen and oxygen atoms in total. The van der Waals surface area contributed by atoms with Crippen LogP contribution >= 0.6 is 11.3 Å². The lowest BCUT2D eigenvalue weighted by Gasteiger charge is -2.28. The lowest BCUT2D eigenvalue weighted by molar-refractivity contribution is -0.126. The van der Waals surface area contributed by atoms with Crippen molar-refractivity contribution in [2.45, 2.75) is 50.9 Å². The fourth-order valence-electron chi connectivity index (χ4n) is 3.28. The number of aliphatic imine (C=N–C) groups is 1. The van der Waals surface area contributed by atoms with E-state index in [1.807, 2.05) is 4.90 Å². The molecule has 26 heavy (non-hydrogen) atoms. The van der Waals surface area contributed by atoms with Crippen molar-refractivity contribution in [3.05, 3.63) is 16.5 Å². The highest BCUT2D eigenvalue weighted by Gasteiger charge is 2.31. The Morgan fingerprint density at radius 2 is 2.23 bits per heavy atom. The first-order valence-electron chi connectivity index (χ1n) is 8.60. The van der Waals surface area contributed by atoms with E-state index in [4.69, 9.17) is 11.1 Å². The van der Waals surface area contributed by atoms with Gasteiger partial charge in [0.1, 0.15) is 5.00 Å². The maximum absolute atomic E-state index is 12.7. The molecule has 0 radical (unpaired) electrons. The smallest absolute Gasteiger partial charge is 0.393 e. The van der Waals surface area contributed by atoms with Crippen LogP contribution < -0.4 is 5.73 Å². The molecule has 146 valence electrons. The van der Waals surface area contributed by atoms with E-state index < -0.39 is 12.6 Å². The summed E-state index contributed by atoms with van der Waals surface area (Å²) in [6, 6.07) is 1.72. The van der Waals surface area contributed by atoms with Gasteiger partial charge in [-0.15, -0.1) is 11.3 Å². The van der Waals surface area contributed by atoms with Crippen molar-refractivity contribution in [2.75, 3.05) is 19.7 Å². The van der Waals surface area contributed by atoms with E-state index in [2.05, 4.69) is 4.99 Å². The van der Waals surface area contributed by atoms with Crippen molar-refractivity contribution in [1.82, 2.24) is 4.90 Å². The van der Waals surface area contributed by atoms with Crippen LogP contribution in [-0.4, -0.2) is 59.9 Å². The minimum Gasteiger partial charge on any atom is -0.395 e. The molecule has 1 aromatic rings. The summed E-state index contributed by atoms with van der Waals surface area (Å²) in [5.41, 5.74) is 6.60. The van der Waals surface area contributed by atoms with Gasteiger partial charge in [0.05, 0.1) is 18.7 Å². The highest BCUT2D eigenvalue weighted by atomic mass is 32.1. The molecule has 1 aliphatic rings. The molecule has 0 unspecified atom stereocenters. The van der Waals surface area contributed by atoms with Gasteiger partial charge in [0.25, 0.3) is 0 Å². The van der Waals surface area contributed by atoms with Gasteiger partial charge in [0, 0.05) is 41.8 Å². The molecule has 9 heteroatoms. The second-order valence-electron chi connectivity index (χ2n) is 6.51. The molecule has 0 spiro atoms. The van der Waals surface area contributed by atoms with E-state index in [1.165, 1.54) is 12.3 Å². The van der Waals surface area contributed by atoms with E-state index in [1.54, 1.807) is 6.92 Å². The summed E-state index contributed by atoms with van der Waals surface area (Å²) >= 11 is 0.966. The number of hydrogen-bond donors (Lipinski definition) is 3. The van der Waals surface area contributed by atoms with Gasteiger partial charge in [-0.25, -0.2) is 4.99 Å². The number of thiophene rings is 1. The molecule has 1 heterocycles. The summed E-state index contributed by atoms with van der Waals surface area (Å²) in [6.45, 7) is 2.31. The number of alkyl halides is 3. The molecule has 0 bridgehead atoms. The predicted molar refractivity (Wildman–Crippen MR) is 99.0 cm³/mol. The van der Waals surface area contributed by atoms with Crippen molar-refractivity contribution >= 4 is 28.3 Å². The quantitative estimate of drug-likeness (QED) is 0.596. The number of aliphatic hydroxyl groups is 1. The van der Waals surface area contributed by atoms with Gasteiger partial charge in [0.2, 0.25) is 0 Å². The van der Waals surface area contributed by atoms with Crippen molar-refractivity contribution in [3.8, 4) is 0 Å². The molecule has 1 fully saturated rings. The largest absolute Gasteiger partial charge is 0.395 e. The van der Waals surface area contributed by atoms with Gasteiger partial charge in [-0.1, -0.05) is 0 Å². The number of nitrogens with two attached hydrogens (primary N) is 1. The van der Waals surface area contributed by atoms with E-state index in [0.29, 0.717) is 17.1 Å². The SMILES string of the molecule is CC=Nc1sc(CC(F)(F)F)cc1C(=N)CN(CCO)[C@@H]1CC[C@H](N)C1. The van der Waals surface area contributed by atoms with Crippen LogP contribution in [0, 0.1) is 5.41 Å². The van der Waals surface area contributed by atoms with Crippen LogP contribution in [0.5, 0.6) is 0 Å². The highest BCUT2D eigenvalue weighted by Crippen LogP contribution is 2.35. The molecule has 0 amide bonds. The van der Waals surface area contributed by atoms with E-state index in [9.17, 15) is 18.3 Å². The third-order valence-electron chi connectivity index (χ3n) is 4.42. The fourth-order valence-corrected chi connectivity index (χ4v) is 4.39. The molecule has 1 saturated carbocycles. The normalized spacial score (nSPS) is 21.2. The van der Waals surface area contributed by atoms with Crippen molar-refractivity contribution in [1.29, 1.82) is 5.41 Å². The molecule has 2 atom stereocenters. The number of rotatable bonds is 8. The summed E-state index contributed by atoms with van der Waals surface area (Å²) in [5.74, 6) is 0. The van der Waals surface area contributed by atoms with Crippen LogP contribution in [0.3, 0.4) is 0 Å². The van der Waals surface area contributed by atoms with Gasteiger partial charge < -0.3 is 16.2 Å². The molecule has 1 aliphatic carbocycles. The first kappa shape index (κ1) is 21.0. The van der Waals surface area contributed by atoms with Gasteiger partial charge in [0.15, 0.2) is 0 Å². The average Bonchev–Trinajstić information content (AvgIpc) is 3.12.